The Hall–Kier alpha value is -1.09. The fourth-order valence-electron chi connectivity index (χ4n) is 2.34. The molecule has 0 amide bonds. The largest absolute Gasteiger partial charge is 0.356 e. The van der Waals surface area contributed by atoms with Crippen LogP contribution in [0, 0.1) is 13.8 Å². The third-order valence-corrected chi connectivity index (χ3v) is 3.68. The van der Waals surface area contributed by atoms with E-state index in [9.17, 15) is 0 Å². The first-order chi connectivity index (χ1) is 8.78. The standard InChI is InChI=1S/C16H27N3/c1-11-9-12(2)18-15(19(6)13-7-8-13)14(11)10-17-16(3,4)5/h9,13,17H,7-8,10H2,1-6H3. The molecule has 0 unspecified atom stereocenters. The van der Waals surface area contributed by atoms with E-state index in [0.29, 0.717) is 6.04 Å². The third-order valence-electron chi connectivity index (χ3n) is 3.68. The fraction of sp³-hybridized carbons (Fsp3) is 0.688. The molecule has 106 valence electrons. The highest BCUT2D eigenvalue weighted by atomic mass is 15.2. The van der Waals surface area contributed by atoms with E-state index < -0.39 is 0 Å². The zero-order valence-electron chi connectivity index (χ0n) is 13.2. The van der Waals surface area contributed by atoms with Gasteiger partial charge in [-0.3, -0.25) is 0 Å². The minimum absolute atomic E-state index is 0.132. The summed E-state index contributed by atoms with van der Waals surface area (Å²) in [7, 11) is 2.18. The molecule has 2 rings (SSSR count). The predicted molar refractivity (Wildman–Crippen MR) is 81.7 cm³/mol. The predicted octanol–water partition coefficient (Wildman–Crippen LogP) is 3.19. The van der Waals surface area contributed by atoms with Gasteiger partial charge in [0.2, 0.25) is 0 Å². The van der Waals surface area contributed by atoms with Gasteiger partial charge < -0.3 is 10.2 Å². The molecule has 0 saturated heterocycles. The highest BCUT2D eigenvalue weighted by Gasteiger charge is 2.29. The summed E-state index contributed by atoms with van der Waals surface area (Å²) in [6, 6.07) is 2.88. The van der Waals surface area contributed by atoms with Crippen molar-refractivity contribution >= 4 is 5.82 Å². The Morgan fingerprint density at radius 1 is 1.32 bits per heavy atom. The minimum atomic E-state index is 0.132. The zero-order valence-corrected chi connectivity index (χ0v) is 13.2. The van der Waals surface area contributed by atoms with E-state index in [1.165, 1.54) is 24.0 Å². The van der Waals surface area contributed by atoms with E-state index in [-0.39, 0.29) is 5.54 Å². The number of rotatable bonds is 4. The first-order valence-electron chi connectivity index (χ1n) is 7.23. The van der Waals surface area contributed by atoms with E-state index in [1.54, 1.807) is 0 Å². The molecule has 1 aromatic heterocycles. The molecule has 1 aliphatic carbocycles. The van der Waals surface area contributed by atoms with Gasteiger partial charge in [-0.2, -0.15) is 0 Å². The lowest BCUT2D eigenvalue weighted by Crippen LogP contribution is -2.36. The molecule has 0 spiro atoms. The van der Waals surface area contributed by atoms with Crippen LogP contribution in [-0.2, 0) is 6.54 Å². The molecule has 0 atom stereocenters. The second-order valence-electron chi connectivity index (χ2n) is 6.83. The molecule has 1 saturated carbocycles. The van der Waals surface area contributed by atoms with Crippen molar-refractivity contribution in [2.45, 2.75) is 65.6 Å². The Kier molecular flexibility index (Phi) is 3.86. The molecule has 3 heteroatoms. The molecule has 1 fully saturated rings. The molecular formula is C16H27N3. The summed E-state index contributed by atoms with van der Waals surface area (Å²) in [5.74, 6) is 1.16. The van der Waals surface area contributed by atoms with Crippen molar-refractivity contribution < 1.29 is 0 Å². The number of aryl methyl sites for hydroxylation is 2. The Bertz CT molecular complexity index is 456. The van der Waals surface area contributed by atoms with Crippen LogP contribution in [0.1, 0.15) is 50.4 Å². The third kappa shape index (κ3) is 3.69. The number of aromatic nitrogens is 1. The van der Waals surface area contributed by atoms with Crippen molar-refractivity contribution in [2.75, 3.05) is 11.9 Å². The maximum atomic E-state index is 4.78. The van der Waals surface area contributed by atoms with Crippen LogP contribution in [0.5, 0.6) is 0 Å². The van der Waals surface area contributed by atoms with Gasteiger partial charge in [0.25, 0.3) is 0 Å². The quantitative estimate of drug-likeness (QED) is 0.902. The highest BCUT2D eigenvalue weighted by molar-refractivity contribution is 5.52. The molecule has 1 aliphatic rings. The van der Waals surface area contributed by atoms with Gasteiger partial charge in [0.15, 0.2) is 0 Å². The Morgan fingerprint density at radius 2 is 1.95 bits per heavy atom. The number of anilines is 1. The summed E-state index contributed by atoms with van der Waals surface area (Å²) >= 11 is 0. The lowest BCUT2D eigenvalue weighted by Gasteiger charge is -2.26. The summed E-state index contributed by atoms with van der Waals surface area (Å²) in [6.45, 7) is 11.8. The first-order valence-corrected chi connectivity index (χ1v) is 7.23. The van der Waals surface area contributed by atoms with Gasteiger partial charge >= 0.3 is 0 Å². The Balaban J connectivity index is 2.28. The summed E-state index contributed by atoms with van der Waals surface area (Å²) < 4.78 is 0. The van der Waals surface area contributed by atoms with Gasteiger partial charge in [-0.15, -0.1) is 0 Å². The van der Waals surface area contributed by atoms with Crippen molar-refractivity contribution in [3.05, 3.63) is 22.9 Å². The van der Waals surface area contributed by atoms with Crippen LogP contribution in [0.15, 0.2) is 6.07 Å². The van der Waals surface area contributed by atoms with E-state index >= 15 is 0 Å². The molecular weight excluding hydrogens is 234 g/mol. The minimum Gasteiger partial charge on any atom is -0.356 e. The fourth-order valence-corrected chi connectivity index (χ4v) is 2.34. The van der Waals surface area contributed by atoms with Crippen molar-refractivity contribution in [1.82, 2.24) is 10.3 Å². The van der Waals surface area contributed by atoms with Gasteiger partial charge in [-0.05, 0) is 59.1 Å². The van der Waals surface area contributed by atoms with Gasteiger partial charge in [0, 0.05) is 36.4 Å². The number of pyridine rings is 1. The molecule has 0 radical (unpaired) electrons. The second-order valence-corrected chi connectivity index (χ2v) is 6.83. The summed E-state index contributed by atoms with van der Waals surface area (Å²) in [4.78, 5) is 7.14. The number of hydrogen-bond acceptors (Lipinski definition) is 3. The monoisotopic (exact) mass is 261 g/mol. The van der Waals surface area contributed by atoms with Gasteiger partial charge in [-0.25, -0.2) is 4.98 Å². The van der Waals surface area contributed by atoms with Crippen LogP contribution in [0.3, 0.4) is 0 Å². The molecule has 1 N–H and O–H groups in total. The van der Waals surface area contributed by atoms with Gasteiger partial charge in [0.1, 0.15) is 5.82 Å². The topological polar surface area (TPSA) is 28.2 Å². The van der Waals surface area contributed by atoms with Crippen molar-refractivity contribution in [3.8, 4) is 0 Å². The molecule has 0 aliphatic heterocycles. The highest BCUT2D eigenvalue weighted by Crippen LogP contribution is 2.32. The molecule has 1 heterocycles. The van der Waals surface area contributed by atoms with Gasteiger partial charge in [0.05, 0.1) is 0 Å². The first kappa shape index (κ1) is 14.3. The lowest BCUT2D eigenvalue weighted by molar-refractivity contribution is 0.423. The number of nitrogens with zero attached hydrogens (tertiary/aromatic N) is 2. The Morgan fingerprint density at radius 3 is 2.47 bits per heavy atom. The van der Waals surface area contributed by atoms with Gasteiger partial charge in [-0.1, -0.05) is 0 Å². The van der Waals surface area contributed by atoms with E-state index in [0.717, 1.165) is 18.1 Å². The summed E-state index contributed by atoms with van der Waals surface area (Å²) in [6.07, 6.45) is 2.61. The Labute approximate surface area is 117 Å². The van der Waals surface area contributed by atoms with Crippen LogP contribution >= 0.6 is 0 Å². The van der Waals surface area contributed by atoms with Crippen LogP contribution in [0.2, 0.25) is 0 Å². The maximum absolute atomic E-state index is 4.78. The van der Waals surface area contributed by atoms with Crippen LogP contribution in [0.25, 0.3) is 0 Å². The summed E-state index contributed by atoms with van der Waals surface area (Å²) in [5, 5.41) is 3.59. The molecule has 1 aromatic rings. The maximum Gasteiger partial charge on any atom is 0.133 e. The molecule has 3 nitrogen and oxygen atoms in total. The van der Waals surface area contributed by atoms with Crippen LogP contribution < -0.4 is 10.2 Å². The number of nitrogens with one attached hydrogen (secondary N) is 1. The van der Waals surface area contributed by atoms with E-state index in [1.807, 2.05) is 0 Å². The van der Waals surface area contributed by atoms with Crippen molar-refractivity contribution in [1.29, 1.82) is 0 Å². The van der Waals surface area contributed by atoms with Crippen molar-refractivity contribution in [2.24, 2.45) is 0 Å². The average molecular weight is 261 g/mol. The summed E-state index contributed by atoms with van der Waals surface area (Å²) in [5.41, 5.74) is 3.92. The average Bonchev–Trinajstić information content (AvgIpc) is 3.08. The molecule has 0 bridgehead atoms. The molecule has 19 heavy (non-hydrogen) atoms. The van der Waals surface area contributed by atoms with Crippen molar-refractivity contribution in [3.63, 3.8) is 0 Å². The lowest BCUT2D eigenvalue weighted by atomic mass is 10.1. The number of hydrogen-bond donors (Lipinski definition) is 1. The van der Waals surface area contributed by atoms with E-state index in [4.69, 9.17) is 4.98 Å². The normalized spacial score (nSPS) is 15.7. The van der Waals surface area contributed by atoms with Crippen LogP contribution in [0.4, 0.5) is 5.82 Å². The van der Waals surface area contributed by atoms with E-state index in [2.05, 4.69) is 57.9 Å². The zero-order chi connectivity index (χ0) is 14.2. The smallest absolute Gasteiger partial charge is 0.133 e. The SMILES string of the molecule is Cc1cc(C)c(CNC(C)(C)C)c(N(C)C2CC2)n1. The van der Waals surface area contributed by atoms with Crippen LogP contribution in [-0.4, -0.2) is 23.6 Å². The molecule has 0 aromatic carbocycles. The second kappa shape index (κ2) is 5.12.